The Kier molecular flexibility index (Phi) is 3.57. The molecule has 0 amide bonds. The molecule has 0 bridgehead atoms. The maximum Gasteiger partial charge on any atom is 0.231 e. The Balaban J connectivity index is 1.76. The average Bonchev–Trinajstić information content (AvgIpc) is 2.89. The van der Waals surface area contributed by atoms with Crippen LogP contribution in [0.15, 0.2) is 34.9 Å². The van der Waals surface area contributed by atoms with Crippen molar-refractivity contribution in [1.82, 2.24) is 10.1 Å². The van der Waals surface area contributed by atoms with Gasteiger partial charge in [-0.15, -0.1) is 0 Å². The summed E-state index contributed by atoms with van der Waals surface area (Å²) in [6.45, 7) is 2.24. The number of benzene rings is 1. The Hall–Kier alpha value is -1.68. The predicted molar refractivity (Wildman–Crippen MR) is 77.0 cm³/mol. The molecule has 1 heterocycles. The van der Waals surface area contributed by atoms with Gasteiger partial charge in [0.1, 0.15) is 0 Å². The minimum absolute atomic E-state index is 0.407. The highest BCUT2D eigenvalue weighted by atomic mass is 16.5. The first kappa shape index (κ1) is 13.3. The minimum Gasteiger partial charge on any atom is -0.339 e. The lowest BCUT2D eigenvalue weighted by Crippen LogP contribution is -2.42. The highest BCUT2D eigenvalue weighted by molar-refractivity contribution is 5.18. The van der Waals surface area contributed by atoms with E-state index in [1.165, 1.54) is 12.0 Å². The van der Waals surface area contributed by atoms with Crippen molar-refractivity contribution in [2.75, 3.05) is 0 Å². The second-order valence-electron chi connectivity index (χ2n) is 6.03. The van der Waals surface area contributed by atoms with Gasteiger partial charge in [-0.1, -0.05) is 55.3 Å². The number of hydrogen-bond acceptors (Lipinski definition) is 4. The van der Waals surface area contributed by atoms with Gasteiger partial charge in [0.05, 0.1) is 12.0 Å². The smallest absolute Gasteiger partial charge is 0.231 e. The summed E-state index contributed by atoms with van der Waals surface area (Å²) in [6.07, 6.45) is 4.94. The fraction of sp³-hybridized carbons (Fsp3) is 0.500. The largest absolute Gasteiger partial charge is 0.339 e. The lowest BCUT2D eigenvalue weighted by atomic mass is 9.76. The normalized spacial score (nSPS) is 26.6. The lowest BCUT2D eigenvalue weighted by molar-refractivity contribution is 0.221. The van der Waals surface area contributed by atoms with Crippen LogP contribution in [0.4, 0.5) is 0 Å². The molecule has 2 aromatic rings. The maximum absolute atomic E-state index is 6.49. The highest BCUT2D eigenvalue weighted by Gasteiger charge is 2.36. The van der Waals surface area contributed by atoms with Crippen LogP contribution in [0, 0.1) is 5.92 Å². The van der Waals surface area contributed by atoms with E-state index in [4.69, 9.17) is 10.3 Å². The Bertz CT molecular complexity index is 566. The summed E-state index contributed by atoms with van der Waals surface area (Å²) in [7, 11) is 0. The van der Waals surface area contributed by atoms with Crippen molar-refractivity contribution in [2.45, 2.75) is 44.6 Å². The zero-order valence-corrected chi connectivity index (χ0v) is 11.9. The summed E-state index contributed by atoms with van der Waals surface area (Å²) in [6, 6.07) is 10.1. The summed E-state index contributed by atoms with van der Waals surface area (Å²) < 4.78 is 5.38. The third-order valence-electron chi connectivity index (χ3n) is 4.14. The standard InChI is InChI=1S/C16H21N3O/c1-12-6-5-9-16(17,11-12)15-18-14(20-19-15)10-13-7-3-2-4-8-13/h2-4,7-8,12H,5-6,9-11,17H2,1H3. The molecular formula is C16H21N3O. The summed E-state index contributed by atoms with van der Waals surface area (Å²) in [5.41, 5.74) is 7.26. The van der Waals surface area contributed by atoms with Crippen LogP contribution >= 0.6 is 0 Å². The van der Waals surface area contributed by atoms with Crippen molar-refractivity contribution in [3.63, 3.8) is 0 Å². The van der Waals surface area contributed by atoms with E-state index in [2.05, 4.69) is 29.2 Å². The van der Waals surface area contributed by atoms with Crippen molar-refractivity contribution in [3.05, 3.63) is 47.6 Å². The van der Waals surface area contributed by atoms with Gasteiger partial charge in [0, 0.05) is 0 Å². The van der Waals surface area contributed by atoms with Gasteiger partial charge >= 0.3 is 0 Å². The molecule has 1 saturated carbocycles. The zero-order chi connectivity index (χ0) is 14.0. The van der Waals surface area contributed by atoms with E-state index in [1.54, 1.807) is 0 Å². The van der Waals surface area contributed by atoms with Crippen LogP contribution < -0.4 is 5.73 Å². The van der Waals surface area contributed by atoms with Crippen molar-refractivity contribution < 1.29 is 4.52 Å². The van der Waals surface area contributed by atoms with Gasteiger partial charge in [-0.05, 0) is 24.3 Å². The van der Waals surface area contributed by atoms with Crippen LogP contribution in [0.3, 0.4) is 0 Å². The van der Waals surface area contributed by atoms with Gasteiger partial charge in [0.15, 0.2) is 5.82 Å². The Morgan fingerprint density at radius 1 is 1.35 bits per heavy atom. The molecule has 0 aliphatic heterocycles. The first-order valence-electron chi connectivity index (χ1n) is 7.31. The maximum atomic E-state index is 6.49. The molecule has 0 radical (unpaired) electrons. The molecule has 2 unspecified atom stereocenters. The Labute approximate surface area is 119 Å². The van der Waals surface area contributed by atoms with E-state index in [-0.39, 0.29) is 0 Å². The van der Waals surface area contributed by atoms with Crippen molar-refractivity contribution >= 4 is 0 Å². The molecule has 0 spiro atoms. The zero-order valence-electron chi connectivity index (χ0n) is 11.9. The van der Waals surface area contributed by atoms with Gasteiger partial charge in [0.2, 0.25) is 5.89 Å². The molecule has 4 nitrogen and oxygen atoms in total. The number of aromatic nitrogens is 2. The van der Waals surface area contributed by atoms with Crippen LogP contribution in [-0.4, -0.2) is 10.1 Å². The molecule has 1 fully saturated rings. The quantitative estimate of drug-likeness (QED) is 0.932. The van der Waals surface area contributed by atoms with Crippen LogP contribution in [0.25, 0.3) is 0 Å². The van der Waals surface area contributed by atoms with Crippen LogP contribution in [0.2, 0.25) is 0 Å². The average molecular weight is 271 g/mol. The van der Waals surface area contributed by atoms with Crippen molar-refractivity contribution in [1.29, 1.82) is 0 Å². The minimum atomic E-state index is -0.407. The van der Waals surface area contributed by atoms with E-state index in [0.29, 0.717) is 24.1 Å². The number of nitrogens with zero attached hydrogens (tertiary/aromatic N) is 2. The molecule has 3 rings (SSSR count). The third kappa shape index (κ3) is 2.75. The Morgan fingerprint density at radius 2 is 2.15 bits per heavy atom. The summed E-state index contributed by atoms with van der Waals surface area (Å²) in [5.74, 6) is 1.95. The first-order chi connectivity index (χ1) is 9.66. The second kappa shape index (κ2) is 5.37. The summed E-state index contributed by atoms with van der Waals surface area (Å²) in [5, 5.41) is 4.13. The molecule has 1 aromatic heterocycles. The molecule has 2 N–H and O–H groups in total. The summed E-state index contributed by atoms with van der Waals surface area (Å²) in [4.78, 5) is 4.53. The molecule has 1 aliphatic carbocycles. The highest BCUT2D eigenvalue weighted by Crippen LogP contribution is 2.36. The fourth-order valence-corrected chi connectivity index (χ4v) is 3.09. The molecular weight excluding hydrogens is 250 g/mol. The molecule has 1 aromatic carbocycles. The topological polar surface area (TPSA) is 64.9 Å². The van der Waals surface area contributed by atoms with E-state index in [1.807, 2.05) is 18.2 Å². The molecule has 4 heteroatoms. The van der Waals surface area contributed by atoms with Crippen molar-refractivity contribution in [3.8, 4) is 0 Å². The number of rotatable bonds is 3. The molecule has 0 saturated heterocycles. The number of hydrogen-bond donors (Lipinski definition) is 1. The molecule has 1 aliphatic rings. The van der Waals surface area contributed by atoms with Crippen LogP contribution in [0.5, 0.6) is 0 Å². The molecule has 2 atom stereocenters. The van der Waals surface area contributed by atoms with Crippen LogP contribution in [-0.2, 0) is 12.0 Å². The van der Waals surface area contributed by atoms with E-state index >= 15 is 0 Å². The van der Waals surface area contributed by atoms with Gasteiger partial charge in [0.25, 0.3) is 0 Å². The monoisotopic (exact) mass is 271 g/mol. The molecule has 20 heavy (non-hydrogen) atoms. The lowest BCUT2D eigenvalue weighted by Gasteiger charge is -2.33. The van der Waals surface area contributed by atoms with E-state index in [0.717, 1.165) is 19.3 Å². The van der Waals surface area contributed by atoms with E-state index in [9.17, 15) is 0 Å². The Morgan fingerprint density at radius 3 is 2.90 bits per heavy atom. The van der Waals surface area contributed by atoms with E-state index < -0.39 is 5.54 Å². The first-order valence-corrected chi connectivity index (χ1v) is 7.31. The predicted octanol–water partition coefficient (Wildman–Crippen LogP) is 3.02. The summed E-state index contributed by atoms with van der Waals surface area (Å²) >= 11 is 0. The van der Waals surface area contributed by atoms with Crippen LogP contribution in [0.1, 0.15) is 49.9 Å². The third-order valence-corrected chi connectivity index (χ3v) is 4.14. The van der Waals surface area contributed by atoms with Gasteiger partial charge in [-0.25, -0.2) is 0 Å². The van der Waals surface area contributed by atoms with Gasteiger partial charge in [-0.2, -0.15) is 4.98 Å². The SMILES string of the molecule is CC1CCCC(N)(c2noc(Cc3ccccc3)n2)C1. The fourth-order valence-electron chi connectivity index (χ4n) is 3.09. The van der Waals surface area contributed by atoms with Gasteiger partial charge in [-0.3, -0.25) is 0 Å². The van der Waals surface area contributed by atoms with Crippen molar-refractivity contribution in [2.24, 2.45) is 11.7 Å². The number of nitrogens with two attached hydrogens (primary N) is 1. The molecule has 106 valence electrons. The second-order valence-corrected chi connectivity index (χ2v) is 6.03. The van der Waals surface area contributed by atoms with Gasteiger partial charge < -0.3 is 10.3 Å².